The molecule has 0 atom stereocenters. The van der Waals surface area contributed by atoms with E-state index >= 15 is 0 Å². The first-order valence-electron chi connectivity index (χ1n) is 10.8. The van der Waals surface area contributed by atoms with Crippen LogP contribution in [0.5, 0.6) is 5.75 Å². The molecule has 2 aromatic carbocycles. The Morgan fingerprint density at radius 1 is 1.14 bits per heavy atom. The number of hydrogen-bond acceptors (Lipinski definition) is 7. The molecule has 180 valence electrons. The first-order valence-corrected chi connectivity index (χ1v) is 10.8. The van der Waals surface area contributed by atoms with Crippen LogP contribution < -0.4 is 20.9 Å². The summed E-state index contributed by atoms with van der Waals surface area (Å²) in [6.07, 6.45) is 6.69. The Morgan fingerprint density at radius 3 is 2.69 bits per heavy atom. The van der Waals surface area contributed by atoms with E-state index in [1.807, 2.05) is 12.1 Å². The summed E-state index contributed by atoms with van der Waals surface area (Å²) in [6, 6.07) is 15.1. The third-order valence-corrected chi connectivity index (χ3v) is 5.22. The Balaban J connectivity index is 1.78. The summed E-state index contributed by atoms with van der Waals surface area (Å²) in [5.74, 6) is 1.77. The number of nitrogens with zero attached hydrogens (tertiary/aromatic N) is 3. The van der Waals surface area contributed by atoms with Crippen LogP contribution in [0.25, 0.3) is 16.7 Å². The van der Waals surface area contributed by atoms with E-state index in [1.165, 1.54) is 16.8 Å². The lowest BCUT2D eigenvalue weighted by Crippen LogP contribution is -2.20. The standard InChI is InChI=1S/C26H21N5O5/c1-3-16-13-23(33)31(18-8-6-7-17(14-18)28-22(32)11-12-24(34)35)25-19(16)15-27-26(30-25)29-20-9-4-5-10-21(20)36-2/h1,4-10,13-15H,11-12H2,2H3,(H,28,32)(H,34,35)(H,27,29,30). The van der Waals surface area contributed by atoms with Crippen molar-refractivity contribution in [3.63, 3.8) is 0 Å². The topological polar surface area (TPSA) is 135 Å². The summed E-state index contributed by atoms with van der Waals surface area (Å²) >= 11 is 0. The van der Waals surface area contributed by atoms with Gasteiger partial charge in [0, 0.05) is 29.9 Å². The zero-order valence-corrected chi connectivity index (χ0v) is 19.2. The van der Waals surface area contributed by atoms with Gasteiger partial charge in [-0.2, -0.15) is 4.98 Å². The molecule has 0 aliphatic rings. The van der Waals surface area contributed by atoms with Crippen LogP contribution in [0, 0.1) is 12.3 Å². The van der Waals surface area contributed by atoms with Gasteiger partial charge in [-0.15, -0.1) is 6.42 Å². The number of benzene rings is 2. The van der Waals surface area contributed by atoms with Crippen molar-refractivity contribution in [2.75, 3.05) is 17.7 Å². The van der Waals surface area contributed by atoms with Gasteiger partial charge in [0.05, 0.1) is 30.3 Å². The molecule has 0 spiro atoms. The molecule has 4 aromatic rings. The van der Waals surface area contributed by atoms with Crippen LogP contribution >= 0.6 is 0 Å². The Bertz CT molecular complexity index is 1570. The van der Waals surface area contributed by atoms with Gasteiger partial charge in [-0.05, 0) is 30.3 Å². The molecular formula is C26H21N5O5. The third kappa shape index (κ3) is 5.15. The highest BCUT2D eigenvalue weighted by molar-refractivity contribution is 5.93. The van der Waals surface area contributed by atoms with E-state index in [0.717, 1.165) is 0 Å². The number of carbonyl (C=O) groups is 2. The first-order chi connectivity index (χ1) is 17.4. The molecule has 10 nitrogen and oxygen atoms in total. The number of carboxylic acid groups (broad SMARTS) is 1. The van der Waals surface area contributed by atoms with Crippen molar-refractivity contribution in [2.45, 2.75) is 12.8 Å². The second-order valence-corrected chi connectivity index (χ2v) is 7.62. The fraction of sp³-hybridized carbons (Fsp3) is 0.115. The highest BCUT2D eigenvalue weighted by Gasteiger charge is 2.15. The SMILES string of the molecule is C#Cc1cc(=O)n(-c2cccc(NC(=O)CCC(=O)O)c2)c2nc(Nc3ccccc3OC)ncc12. The summed E-state index contributed by atoms with van der Waals surface area (Å²) in [5.41, 5.74) is 1.63. The molecule has 0 saturated heterocycles. The number of aromatic nitrogens is 3. The highest BCUT2D eigenvalue weighted by atomic mass is 16.5. The minimum atomic E-state index is -1.07. The molecular weight excluding hydrogens is 462 g/mol. The normalized spacial score (nSPS) is 10.4. The van der Waals surface area contributed by atoms with Gasteiger partial charge in [-0.1, -0.05) is 24.1 Å². The molecule has 10 heteroatoms. The van der Waals surface area contributed by atoms with Crippen LogP contribution in [0.1, 0.15) is 18.4 Å². The minimum absolute atomic E-state index is 0.176. The Morgan fingerprint density at radius 2 is 1.94 bits per heavy atom. The molecule has 36 heavy (non-hydrogen) atoms. The number of carbonyl (C=O) groups excluding carboxylic acids is 1. The number of pyridine rings is 1. The number of methoxy groups -OCH3 is 1. The van der Waals surface area contributed by atoms with Gasteiger partial charge in [0.25, 0.3) is 5.56 Å². The molecule has 3 N–H and O–H groups in total. The van der Waals surface area contributed by atoms with Crippen molar-refractivity contribution < 1.29 is 19.4 Å². The number of carboxylic acids is 1. The summed E-state index contributed by atoms with van der Waals surface area (Å²) in [4.78, 5) is 44.9. The van der Waals surface area contributed by atoms with Crippen molar-refractivity contribution in [3.05, 3.63) is 76.7 Å². The molecule has 2 aromatic heterocycles. The number of hydrogen-bond donors (Lipinski definition) is 3. The first kappa shape index (κ1) is 24.0. The maximum atomic E-state index is 13.1. The van der Waals surface area contributed by atoms with Crippen molar-refractivity contribution in [2.24, 2.45) is 0 Å². The zero-order valence-electron chi connectivity index (χ0n) is 19.2. The molecule has 0 unspecified atom stereocenters. The van der Waals surface area contributed by atoms with E-state index in [-0.39, 0.29) is 24.4 Å². The number of ether oxygens (including phenoxy) is 1. The maximum Gasteiger partial charge on any atom is 0.303 e. The maximum absolute atomic E-state index is 13.1. The summed E-state index contributed by atoms with van der Waals surface area (Å²) in [7, 11) is 1.55. The lowest BCUT2D eigenvalue weighted by molar-refractivity contribution is -0.138. The second-order valence-electron chi connectivity index (χ2n) is 7.62. The number of aliphatic carboxylic acids is 1. The molecule has 0 aliphatic carbocycles. The largest absolute Gasteiger partial charge is 0.495 e. The molecule has 0 saturated carbocycles. The van der Waals surface area contributed by atoms with Gasteiger partial charge in [-0.25, -0.2) is 4.98 Å². The predicted molar refractivity (Wildman–Crippen MR) is 135 cm³/mol. The average Bonchev–Trinajstić information content (AvgIpc) is 2.87. The van der Waals surface area contributed by atoms with Gasteiger partial charge < -0.3 is 20.5 Å². The van der Waals surface area contributed by atoms with Crippen LogP contribution in [-0.4, -0.2) is 38.6 Å². The third-order valence-electron chi connectivity index (χ3n) is 5.22. The van der Waals surface area contributed by atoms with E-state index in [0.29, 0.717) is 33.8 Å². The fourth-order valence-electron chi connectivity index (χ4n) is 3.57. The van der Waals surface area contributed by atoms with Crippen LogP contribution in [0.2, 0.25) is 0 Å². The zero-order chi connectivity index (χ0) is 25.7. The van der Waals surface area contributed by atoms with E-state index in [9.17, 15) is 14.4 Å². The molecule has 0 radical (unpaired) electrons. The van der Waals surface area contributed by atoms with Gasteiger partial charge in [-0.3, -0.25) is 19.0 Å². The monoisotopic (exact) mass is 483 g/mol. The van der Waals surface area contributed by atoms with E-state index in [4.69, 9.17) is 16.3 Å². The summed E-state index contributed by atoms with van der Waals surface area (Å²) in [5, 5.41) is 15.0. The van der Waals surface area contributed by atoms with Crippen molar-refractivity contribution in [1.29, 1.82) is 0 Å². The molecule has 1 amide bonds. The van der Waals surface area contributed by atoms with Crippen LogP contribution in [0.4, 0.5) is 17.3 Å². The number of fused-ring (bicyclic) bond motifs is 1. The Hall–Kier alpha value is -5.17. The predicted octanol–water partition coefficient (Wildman–Crippen LogP) is 3.32. The minimum Gasteiger partial charge on any atom is -0.495 e. The molecule has 0 bridgehead atoms. The number of anilines is 3. The highest BCUT2D eigenvalue weighted by Crippen LogP contribution is 2.27. The van der Waals surface area contributed by atoms with Crippen molar-refractivity contribution >= 4 is 40.2 Å². The van der Waals surface area contributed by atoms with Gasteiger partial charge in [0.1, 0.15) is 5.75 Å². The lowest BCUT2D eigenvalue weighted by Gasteiger charge is -2.14. The smallest absolute Gasteiger partial charge is 0.303 e. The summed E-state index contributed by atoms with van der Waals surface area (Å²) < 4.78 is 6.72. The molecule has 2 heterocycles. The Labute approximate surface area is 205 Å². The number of amides is 1. The Kier molecular flexibility index (Phi) is 6.92. The summed E-state index contributed by atoms with van der Waals surface area (Å²) in [6.45, 7) is 0. The van der Waals surface area contributed by atoms with Gasteiger partial charge in [0.15, 0.2) is 5.65 Å². The van der Waals surface area contributed by atoms with E-state index < -0.39 is 17.4 Å². The molecule has 0 aliphatic heterocycles. The molecule has 4 rings (SSSR count). The second kappa shape index (κ2) is 10.4. The van der Waals surface area contributed by atoms with E-state index in [2.05, 4.69) is 26.5 Å². The number of rotatable bonds is 8. The van der Waals surface area contributed by atoms with Crippen LogP contribution in [0.3, 0.4) is 0 Å². The van der Waals surface area contributed by atoms with E-state index in [1.54, 1.807) is 43.5 Å². The van der Waals surface area contributed by atoms with Gasteiger partial charge >= 0.3 is 5.97 Å². The average molecular weight is 483 g/mol. The number of para-hydroxylation sites is 2. The van der Waals surface area contributed by atoms with Crippen molar-refractivity contribution in [3.8, 4) is 23.8 Å². The van der Waals surface area contributed by atoms with Crippen molar-refractivity contribution in [1.82, 2.24) is 14.5 Å². The van der Waals surface area contributed by atoms with Crippen LogP contribution in [0.15, 0.2) is 65.6 Å². The quantitative estimate of drug-likeness (QED) is 0.325. The lowest BCUT2D eigenvalue weighted by atomic mass is 10.1. The van der Waals surface area contributed by atoms with Crippen LogP contribution in [-0.2, 0) is 9.59 Å². The number of terminal acetylenes is 1. The molecule has 0 fully saturated rings. The van der Waals surface area contributed by atoms with Gasteiger partial charge in [0.2, 0.25) is 11.9 Å². The fourth-order valence-corrected chi connectivity index (χ4v) is 3.57. The number of nitrogens with one attached hydrogen (secondary N) is 2.